The van der Waals surface area contributed by atoms with Gasteiger partial charge in [-0.05, 0) is 50.3 Å². The molecule has 1 unspecified atom stereocenters. The monoisotopic (exact) mass is 444 g/mol. The summed E-state index contributed by atoms with van der Waals surface area (Å²) in [5.41, 5.74) is 0.626. The Morgan fingerprint density at radius 2 is 1.88 bits per heavy atom. The fraction of sp³-hybridized carbons (Fsp3) is 0.455. The second-order valence-electron chi connectivity index (χ2n) is 8.23. The molecule has 0 saturated heterocycles. The van der Waals surface area contributed by atoms with E-state index < -0.39 is 17.8 Å². The van der Waals surface area contributed by atoms with E-state index in [2.05, 4.69) is 27.2 Å². The van der Waals surface area contributed by atoms with Crippen LogP contribution in [0.3, 0.4) is 0 Å². The highest BCUT2D eigenvalue weighted by molar-refractivity contribution is 5.84. The molecule has 0 bridgehead atoms. The van der Waals surface area contributed by atoms with Crippen molar-refractivity contribution >= 4 is 17.0 Å². The highest BCUT2D eigenvalue weighted by Gasteiger charge is 2.30. The van der Waals surface area contributed by atoms with Crippen molar-refractivity contribution in [2.24, 2.45) is 5.92 Å². The van der Waals surface area contributed by atoms with E-state index in [0.29, 0.717) is 28.6 Å². The van der Waals surface area contributed by atoms with Gasteiger partial charge < -0.3 is 15.0 Å². The molecular formula is C22H23F3N6O. The average molecular weight is 444 g/mol. The molecule has 1 aliphatic rings. The lowest BCUT2D eigenvalue weighted by Crippen LogP contribution is -2.31. The third-order valence-electron chi connectivity index (χ3n) is 5.95. The molecule has 1 saturated carbocycles. The van der Waals surface area contributed by atoms with Gasteiger partial charge in [0.15, 0.2) is 11.5 Å². The fourth-order valence-corrected chi connectivity index (χ4v) is 3.94. The SMILES string of the molecule is CC(O)c1nc2nc(C#N)nc(N[C@H](C)C3CCC3)c2n1Cc1ccc(C(F)(F)F)cc1. The Morgan fingerprint density at radius 3 is 2.41 bits per heavy atom. The molecule has 7 nitrogen and oxygen atoms in total. The van der Waals surface area contributed by atoms with Crippen LogP contribution in [0.1, 0.15) is 62.0 Å². The van der Waals surface area contributed by atoms with Crippen LogP contribution in [0.25, 0.3) is 11.2 Å². The summed E-state index contributed by atoms with van der Waals surface area (Å²) in [4.78, 5) is 12.9. The van der Waals surface area contributed by atoms with Crippen LogP contribution >= 0.6 is 0 Å². The van der Waals surface area contributed by atoms with Gasteiger partial charge in [-0.1, -0.05) is 18.6 Å². The number of nitriles is 1. The van der Waals surface area contributed by atoms with Crippen LogP contribution in [-0.2, 0) is 12.7 Å². The zero-order valence-electron chi connectivity index (χ0n) is 17.7. The van der Waals surface area contributed by atoms with Crippen molar-refractivity contribution in [3.63, 3.8) is 0 Å². The van der Waals surface area contributed by atoms with Crippen LogP contribution < -0.4 is 5.32 Å². The number of benzene rings is 1. The van der Waals surface area contributed by atoms with E-state index >= 15 is 0 Å². The molecule has 1 aromatic carbocycles. The first-order valence-corrected chi connectivity index (χ1v) is 10.5. The molecule has 2 heterocycles. The van der Waals surface area contributed by atoms with E-state index in [-0.39, 0.29) is 24.1 Å². The molecule has 168 valence electrons. The van der Waals surface area contributed by atoms with Gasteiger partial charge in [0.2, 0.25) is 5.82 Å². The van der Waals surface area contributed by atoms with Gasteiger partial charge in [0.1, 0.15) is 23.5 Å². The van der Waals surface area contributed by atoms with E-state index in [1.54, 1.807) is 11.5 Å². The summed E-state index contributed by atoms with van der Waals surface area (Å²) in [6.07, 6.45) is -1.98. The van der Waals surface area contributed by atoms with Crippen LogP contribution in [0.4, 0.5) is 19.0 Å². The van der Waals surface area contributed by atoms with Crippen LogP contribution in [-0.4, -0.2) is 30.7 Å². The van der Waals surface area contributed by atoms with Crippen LogP contribution in [0.5, 0.6) is 0 Å². The molecule has 2 N–H and O–H groups in total. The van der Waals surface area contributed by atoms with Crippen LogP contribution in [0, 0.1) is 17.2 Å². The number of hydrogen-bond acceptors (Lipinski definition) is 6. The van der Waals surface area contributed by atoms with Crippen molar-refractivity contribution in [3.8, 4) is 6.07 Å². The summed E-state index contributed by atoms with van der Waals surface area (Å²) in [6.45, 7) is 3.76. The summed E-state index contributed by atoms with van der Waals surface area (Å²) in [6, 6.07) is 6.90. The Labute approximate surface area is 182 Å². The minimum Gasteiger partial charge on any atom is -0.385 e. The van der Waals surface area contributed by atoms with E-state index in [0.717, 1.165) is 25.0 Å². The number of alkyl halides is 3. The molecule has 0 amide bonds. The highest BCUT2D eigenvalue weighted by atomic mass is 19.4. The second-order valence-corrected chi connectivity index (χ2v) is 8.23. The van der Waals surface area contributed by atoms with Gasteiger partial charge in [0.25, 0.3) is 0 Å². The topological polar surface area (TPSA) is 99.7 Å². The molecule has 3 aromatic rings. The summed E-state index contributed by atoms with van der Waals surface area (Å²) < 4.78 is 40.5. The standard InChI is InChI=1S/C22H23F3N6O/c1-12(15-4-3-5-15)27-19-18-20(29-17(10-26)28-19)30-21(13(2)32)31(18)11-14-6-8-16(9-7-14)22(23,24)25/h6-9,12-13,15,32H,3-5,11H2,1-2H3,(H,27,28,29)/t12-,13?/m1/s1. The molecule has 0 radical (unpaired) electrons. The van der Waals surface area contributed by atoms with Gasteiger partial charge in [-0.15, -0.1) is 0 Å². The maximum atomic E-state index is 12.9. The van der Waals surface area contributed by atoms with Crippen LogP contribution in [0.15, 0.2) is 24.3 Å². The lowest BCUT2D eigenvalue weighted by molar-refractivity contribution is -0.137. The number of aromatic nitrogens is 4. The number of nitrogens with zero attached hydrogens (tertiary/aromatic N) is 5. The second kappa shape index (κ2) is 8.39. The highest BCUT2D eigenvalue weighted by Crippen LogP contribution is 2.33. The maximum Gasteiger partial charge on any atom is 0.416 e. The minimum absolute atomic E-state index is 0.0443. The van der Waals surface area contributed by atoms with E-state index in [1.807, 2.05) is 6.07 Å². The first kappa shape index (κ1) is 22.0. The summed E-state index contributed by atoms with van der Waals surface area (Å²) in [5.74, 6) is 1.17. The molecule has 2 atom stereocenters. The van der Waals surface area contributed by atoms with E-state index in [4.69, 9.17) is 0 Å². The first-order chi connectivity index (χ1) is 15.2. The normalized spacial score (nSPS) is 16.4. The number of aliphatic hydroxyl groups is 1. The lowest BCUT2D eigenvalue weighted by atomic mass is 9.80. The molecule has 10 heteroatoms. The van der Waals surface area contributed by atoms with Crippen molar-refractivity contribution in [1.29, 1.82) is 5.26 Å². The molecular weight excluding hydrogens is 421 g/mol. The number of anilines is 1. The molecule has 1 fully saturated rings. The molecule has 0 spiro atoms. The quantitative estimate of drug-likeness (QED) is 0.584. The molecule has 32 heavy (non-hydrogen) atoms. The minimum atomic E-state index is -4.42. The summed E-state index contributed by atoms with van der Waals surface area (Å²) in [5, 5.41) is 23.0. The Hall–Kier alpha value is -3.19. The van der Waals surface area contributed by atoms with Gasteiger partial charge >= 0.3 is 6.18 Å². The van der Waals surface area contributed by atoms with Gasteiger partial charge in [-0.3, -0.25) is 0 Å². The van der Waals surface area contributed by atoms with Crippen LogP contribution in [0.2, 0.25) is 0 Å². The van der Waals surface area contributed by atoms with E-state index in [1.165, 1.54) is 18.6 Å². The predicted molar refractivity (Wildman–Crippen MR) is 112 cm³/mol. The van der Waals surface area contributed by atoms with Crippen molar-refractivity contribution in [1.82, 2.24) is 19.5 Å². The van der Waals surface area contributed by atoms with Crippen molar-refractivity contribution < 1.29 is 18.3 Å². The lowest BCUT2D eigenvalue weighted by Gasteiger charge is -2.32. The van der Waals surface area contributed by atoms with Crippen molar-refractivity contribution in [2.75, 3.05) is 5.32 Å². The number of hydrogen-bond donors (Lipinski definition) is 2. The van der Waals surface area contributed by atoms with Gasteiger partial charge in [0, 0.05) is 12.6 Å². The zero-order valence-corrected chi connectivity index (χ0v) is 17.7. The predicted octanol–water partition coefficient (Wildman–Crippen LogP) is 4.42. The fourth-order valence-electron chi connectivity index (χ4n) is 3.94. The Balaban J connectivity index is 1.79. The third kappa shape index (κ3) is 4.25. The largest absolute Gasteiger partial charge is 0.416 e. The van der Waals surface area contributed by atoms with Crippen molar-refractivity contribution in [2.45, 2.75) is 58.0 Å². The number of aliphatic hydroxyl groups excluding tert-OH is 1. The summed E-state index contributed by atoms with van der Waals surface area (Å²) >= 11 is 0. The Kier molecular flexibility index (Phi) is 5.77. The number of imidazole rings is 1. The number of fused-ring (bicyclic) bond motifs is 1. The van der Waals surface area contributed by atoms with Gasteiger partial charge in [0.05, 0.1) is 5.56 Å². The number of rotatable bonds is 6. The maximum absolute atomic E-state index is 12.9. The smallest absolute Gasteiger partial charge is 0.385 e. The molecule has 1 aliphatic carbocycles. The Morgan fingerprint density at radius 1 is 1.19 bits per heavy atom. The Bertz CT molecular complexity index is 1160. The van der Waals surface area contributed by atoms with Crippen molar-refractivity contribution in [3.05, 3.63) is 47.0 Å². The first-order valence-electron chi connectivity index (χ1n) is 10.5. The third-order valence-corrected chi connectivity index (χ3v) is 5.95. The molecule has 0 aliphatic heterocycles. The molecule has 4 rings (SSSR count). The van der Waals surface area contributed by atoms with Gasteiger partial charge in [-0.25, -0.2) is 4.98 Å². The number of nitrogens with one attached hydrogen (secondary N) is 1. The zero-order chi connectivity index (χ0) is 23.0. The van der Waals surface area contributed by atoms with Gasteiger partial charge in [-0.2, -0.15) is 28.4 Å². The van der Waals surface area contributed by atoms with E-state index in [9.17, 15) is 23.5 Å². The summed E-state index contributed by atoms with van der Waals surface area (Å²) in [7, 11) is 0. The number of halogens is 3. The average Bonchev–Trinajstić information content (AvgIpc) is 3.05. The molecule has 2 aromatic heterocycles.